The lowest BCUT2D eigenvalue weighted by atomic mass is 9.99. The Morgan fingerprint density at radius 2 is 1.76 bits per heavy atom. The van der Waals surface area contributed by atoms with E-state index in [4.69, 9.17) is 16.3 Å². The third-order valence-corrected chi connectivity index (χ3v) is 6.11. The topological polar surface area (TPSA) is 38.3 Å². The fourth-order valence-electron chi connectivity index (χ4n) is 2.91. The average Bonchev–Trinajstić information content (AvgIpc) is 2.64. The molecule has 2 aromatic rings. The highest BCUT2D eigenvalue weighted by atomic mass is 35.5. The van der Waals surface area contributed by atoms with Crippen LogP contribution in [-0.2, 0) is 16.0 Å². The molecular formula is C20H22ClNO2S. The minimum Gasteiger partial charge on any atom is -0.381 e. The molecule has 25 heavy (non-hydrogen) atoms. The van der Waals surface area contributed by atoms with Gasteiger partial charge in [-0.3, -0.25) is 4.79 Å². The first kappa shape index (κ1) is 18.3. The lowest BCUT2D eigenvalue weighted by Gasteiger charge is -2.36. The molecule has 1 aliphatic rings. The third kappa shape index (κ3) is 5.50. The van der Waals surface area contributed by atoms with Crippen molar-refractivity contribution in [3.63, 3.8) is 0 Å². The summed E-state index contributed by atoms with van der Waals surface area (Å²) < 4.78 is 5.53. The molecule has 0 atom stereocenters. The summed E-state index contributed by atoms with van der Waals surface area (Å²) in [5, 5.41) is 3.81. The number of thioether (sulfide) groups is 1. The molecule has 0 saturated carbocycles. The van der Waals surface area contributed by atoms with Crippen molar-refractivity contribution in [1.29, 1.82) is 0 Å². The van der Waals surface area contributed by atoms with Gasteiger partial charge in [-0.25, -0.2) is 0 Å². The summed E-state index contributed by atoms with van der Waals surface area (Å²) in [6.07, 6.45) is 2.25. The summed E-state index contributed by atoms with van der Waals surface area (Å²) in [4.78, 5) is 13.6. The fourth-order valence-corrected chi connectivity index (χ4v) is 4.34. The molecule has 0 unspecified atom stereocenters. The van der Waals surface area contributed by atoms with Gasteiger partial charge in [0.15, 0.2) is 0 Å². The Bertz CT molecular complexity index is 685. The molecule has 1 aliphatic heterocycles. The Labute approximate surface area is 158 Å². The highest BCUT2D eigenvalue weighted by Crippen LogP contribution is 2.40. The van der Waals surface area contributed by atoms with Crippen molar-refractivity contribution in [2.45, 2.75) is 28.9 Å². The van der Waals surface area contributed by atoms with E-state index in [1.54, 1.807) is 0 Å². The standard InChI is InChI=1S/C20H22ClNO2S/c21-17-8-6-16(7-9-17)14-19(23)22-15-20(10-12-24-13-11-20)25-18-4-2-1-3-5-18/h1-9H,10-15H2,(H,22,23). The molecule has 0 aliphatic carbocycles. The number of nitrogens with one attached hydrogen (secondary N) is 1. The number of carbonyl (C=O) groups is 1. The van der Waals surface area contributed by atoms with Crippen LogP contribution in [0.4, 0.5) is 0 Å². The normalized spacial score (nSPS) is 16.4. The Morgan fingerprint density at radius 3 is 2.44 bits per heavy atom. The zero-order valence-corrected chi connectivity index (χ0v) is 15.6. The summed E-state index contributed by atoms with van der Waals surface area (Å²) in [7, 11) is 0. The number of amides is 1. The van der Waals surface area contributed by atoms with Crippen molar-refractivity contribution in [1.82, 2.24) is 5.32 Å². The van der Waals surface area contributed by atoms with Crippen molar-refractivity contribution in [3.05, 3.63) is 65.2 Å². The molecular weight excluding hydrogens is 354 g/mol. The first-order valence-corrected chi connectivity index (χ1v) is 9.68. The SMILES string of the molecule is O=C(Cc1ccc(Cl)cc1)NCC1(Sc2ccccc2)CCOCC1. The highest BCUT2D eigenvalue weighted by molar-refractivity contribution is 8.00. The van der Waals surface area contributed by atoms with E-state index in [-0.39, 0.29) is 10.7 Å². The average molecular weight is 376 g/mol. The molecule has 2 aromatic carbocycles. The van der Waals surface area contributed by atoms with Crippen LogP contribution in [0.2, 0.25) is 5.02 Å². The van der Waals surface area contributed by atoms with Crippen LogP contribution >= 0.6 is 23.4 Å². The van der Waals surface area contributed by atoms with Gasteiger partial charge in [-0.05, 0) is 42.7 Å². The number of hydrogen-bond acceptors (Lipinski definition) is 3. The number of carbonyl (C=O) groups excluding carboxylic acids is 1. The molecule has 0 radical (unpaired) electrons. The number of hydrogen-bond donors (Lipinski definition) is 1. The van der Waals surface area contributed by atoms with Gasteiger partial charge < -0.3 is 10.1 Å². The maximum Gasteiger partial charge on any atom is 0.224 e. The predicted molar refractivity (Wildman–Crippen MR) is 103 cm³/mol. The zero-order valence-electron chi connectivity index (χ0n) is 14.0. The minimum atomic E-state index is -0.00470. The largest absolute Gasteiger partial charge is 0.381 e. The third-order valence-electron chi connectivity index (χ3n) is 4.37. The summed E-state index contributed by atoms with van der Waals surface area (Å²) >= 11 is 7.74. The Balaban J connectivity index is 1.60. The lowest BCUT2D eigenvalue weighted by molar-refractivity contribution is -0.120. The van der Waals surface area contributed by atoms with E-state index in [1.807, 2.05) is 42.1 Å². The van der Waals surface area contributed by atoms with E-state index in [9.17, 15) is 4.79 Å². The van der Waals surface area contributed by atoms with Crippen LogP contribution in [0.25, 0.3) is 0 Å². The smallest absolute Gasteiger partial charge is 0.224 e. The fraction of sp³-hybridized carbons (Fsp3) is 0.350. The first-order chi connectivity index (χ1) is 12.2. The van der Waals surface area contributed by atoms with Gasteiger partial charge >= 0.3 is 0 Å². The summed E-state index contributed by atoms with van der Waals surface area (Å²) in [6.45, 7) is 2.14. The van der Waals surface area contributed by atoms with Crippen LogP contribution in [0.1, 0.15) is 18.4 Å². The van der Waals surface area contributed by atoms with E-state index in [2.05, 4.69) is 29.6 Å². The maximum absolute atomic E-state index is 12.4. The van der Waals surface area contributed by atoms with Crippen molar-refractivity contribution in [3.8, 4) is 0 Å². The van der Waals surface area contributed by atoms with Crippen molar-refractivity contribution in [2.75, 3.05) is 19.8 Å². The molecule has 0 bridgehead atoms. The highest BCUT2D eigenvalue weighted by Gasteiger charge is 2.34. The van der Waals surface area contributed by atoms with Gasteiger partial charge in [0.1, 0.15) is 0 Å². The molecule has 5 heteroatoms. The van der Waals surface area contributed by atoms with Crippen LogP contribution < -0.4 is 5.32 Å². The quantitative estimate of drug-likeness (QED) is 0.816. The summed E-state index contributed by atoms with van der Waals surface area (Å²) in [6, 6.07) is 17.8. The minimum absolute atomic E-state index is 0.00470. The van der Waals surface area contributed by atoms with E-state index in [0.717, 1.165) is 31.6 Å². The molecule has 1 fully saturated rings. The number of benzene rings is 2. The number of ether oxygens (including phenoxy) is 1. The molecule has 3 nitrogen and oxygen atoms in total. The first-order valence-electron chi connectivity index (χ1n) is 8.48. The molecule has 1 amide bonds. The summed E-state index contributed by atoms with van der Waals surface area (Å²) in [5.41, 5.74) is 0.971. The number of halogens is 1. The van der Waals surface area contributed by atoms with Crippen molar-refractivity contribution in [2.24, 2.45) is 0 Å². The van der Waals surface area contributed by atoms with Gasteiger partial charge in [-0.1, -0.05) is 41.9 Å². The lowest BCUT2D eigenvalue weighted by Crippen LogP contribution is -2.44. The Hall–Kier alpha value is -1.49. The van der Waals surface area contributed by atoms with Gasteiger partial charge in [0.05, 0.1) is 6.42 Å². The van der Waals surface area contributed by atoms with Gasteiger partial charge in [-0.2, -0.15) is 0 Å². The van der Waals surface area contributed by atoms with E-state index >= 15 is 0 Å². The van der Waals surface area contributed by atoms with Gasteiger partial charge in [-0.15, -0.1) is 11.8 Å². The van der Waals surface area contributed by atoms with Crippen molar-refractivity contribution < 1.29 is 9.53 Å². The van der Waals surface area contributed by atoms with Crippen LogP contribution in [0, 0.1) is 0 Å². The molecule has 0 spiro atoms. The zero-order chi connectivity index (χ0) is 17.5. The van der Waals surface area contributed by atoms with Gasteiger partial charge in [0.2, 0.25) is 5.91 Å². The molecule has 1 heterocycles. The second-order valence-corrected chi connectivity index (χ2v) is 8.27. The second kappa shape index (κ2) is 8.75. The molecule has 1 saturated heterocycles. The van der Waals surface area contributed by atoms with E-state index in [1.165, 1.54) is 4.90 Å². The molecule has 132 valence electrons. The maximum atomic E-state index is 12.4. The van der Waals surface area contributed by atoms with Crippen LogP contribution in [0.3, 0.4) is 0 Å². The molecule has 0 aromatic heterocycles. The summed E-state index contributed by atoms with van der Waals surface area (Å²) in [5.74, 6) is 0.0434. The number of rotatable bonds is 6. The molecule has 3 rings (SSSR count). The monoisotopic (exact) mass is 375 g/mol. The van der Waals surface area contributed by atoms with Gasteiger partial charge in [0.25, 0.3) is 0 Å². The Kier molecular flexibility index (Phi) is 6.40. The Morgan fingerprint density at radius 1 is 1.08 bits per heavy atom. The second-order valence-electron chi connectivity index (χ2n) is 6.29. The van der Waals surface area contributed by atoms with Crippen LogP contribution in [0.15, 0.2) is 59.5 Å². The van der Waals surface area contributed by atoms with Crippen LogP contribution in [-0.4, -0.2) is 30.4 Å². The van der Waals surface area contributed by atoms with Gasteiger partial charge in [0, 0.05) is 34.4 Å². The van der Waals surface area contributed by atoms with Crippen molar-refractivity contribution >= 4 is 29.3 Å². The van der Waals surface area contributed by atoms with E-state index < -0.39 is 0 Å². The van der Waals surface area contributed by atoms with Crippen LogP contribution in [0.5, 0.6) is 0 Å². The van der Waals surface area contributed by atoms with E-state index in [0.29, 0.717) is 18.0 Å². The predicted octanol–water partition coefficient (Wildman–Crippen LogP) is 4.34. The molecule has 1 N–H and O–H groups in total.